The molecule has 0 saturated heterocycles. The Morgan fingerprint density at radius 1 is 1.54 bits per heavy atom. The lowest BCUT2D eigenvalue weighted by Gasteiger charge is -2.11. The first-order valence-corrected chi connectivity index (χ1v) is 5.42. The molecule has 1 atom stereocenters. The van der Waals surface area contributed by atoms with Gasteiger partial charge in [-0.2, -0.15) is 0 Å². The Morgan fingerprint density at radius 3 is 3.00 bits per heavy atom. The van der Waals surface area contributed by atoms with Gasteiger partial charge in [0.1, 0.15) is 5.75 Å². The summed E-state index contributed by atoms with van der Waals surface area (Å²) in [6.45, 7) is 0. The van der Waals surface area contributed by atoms with Crippen LogP contribution in [0.1, 0.15) is 23.6 Å². The number of methoxy groups -OCH3 is 1. The average Bonchev–Trinajstić information content (AvgIpc) is 2.51. The number of halogens is 1. The fourth-order valence-corrected chi connectivity index (χ4v) is 2.64. The molecule has 2 N–H and O–H groups in total. The smallest absolute Gasteiger partial charge is 0.123 e. The molecule has 0 radical (unpaired) electrons. The van der Waals surface area contributed by atoms with E-state index in [9.17, 15) is 0 Å². The molecule has 1 aromatic carbocycles. The van der Waals surface area contributed by atoms with Crippen molar-refractivity contribution in [3.63, 3.8) is 0 Å². The lowest BCUT2D eigenvalue weighted by Crippen LogP contribution is -2.07. The van der Waals surface area contributed by atoms with Crippen LogP contribution in [0.3, 0.4) is 0 Å². The Morgan fingerprint density at radius 2 is 2.31 bits per heavy atom. The minimum atomic E-state index is 0.166. The largest absolute Gasteiger partial charge is 0.496 e. The zero-order chi connectivity index (χ0) is 9.42. The van der Waals surface area contributed by atoms with Crippen LogP contribution in [-0.4, -0.2) is 7.11 Å². The first kappa shape index (κ1) is 9.27. The fraction of sp³-hybridized carbons (Fsp3) is 0.400. The summed E-state index contributed by atoms with van der Waals surface area (Å²) in [6, 6.07) is 4.27. The van der Waals surface area contributed by atoms with Crippen molar-refractivity contribution in [2.45, 2.75) is 18.9 Å². The molecular weight excluding hydrogens is 277 g/mol. The van der Waals surface area contributed by atoms with Crippen LogP contribution in [-0.2, 0) is 6.42 Å². The van der Waals surface area contributed by atoms with Gasteiger partial charge in [0.05, 0.1) is 7.11 Å². The van der Waals surface area contributed by atoms with Gasteiger partial charge in [-0.15, -0.1) is 0 Å². The maximum absolute atomic E-state index is 6.01. The predicted octanol–water partition coefficient (Wildman–Crippen LogP) is 2.25. The summed E-state index contributed by atoms with van der Waals surface area (Å²) in [4.78, 5) is 0. The summed E-state index contributed by atoms with van der Waals surface area (Å²) < 4.78 is 6.61. The van der Waals surface area contributed by atoms with Gasteiger partial charge in [0.15, 0.2) is 0 Å². The molecular formula is C10H12INO. The fourth-order valence-electron chi connectivity index (χ4n) is 1.90. The third-order valence-electron chi connectivity index (χ3n) is 2.56. The molecule has 0 amide bonds. The number of benzene rings is 1. The van der Waals surface area contributed by atoms with Gasteiger partial charge in [0.25, 0.3) is 0 Å². The lowest BCUT2D eigenvalue weighted by atomic mass is 10.1. The highest BCUT2D eigenvalue weighted by molar-refractivity contribution is 14.1. The normalized spacial score (nSPS) is 20.1. The Bertz CT molecular complexity index is 338. The number of ether oxygens (including phenoxy) is 1. The zero-order valence-electron chi connectivity index (χ0n) is 7.51. The van der Waals surface area contributed by atoms with Gasteiger partial charge in [-0.1, -0.05) is 0 Å². The van der Waals surface area contributed by atoms with Gasteiger partial charge in [-0.05, 0) is 53.1 Å². The highest BCUT2D eigenvalue weighted by Crippen LogP contribution is 2.38. The van der Waals surface area contributed by atoms with Crippen LogP contribution in [0, 0.1) is 3.57 Å². The van der Waals surface area contributed by atoms with Gasteiger partial charge in [0.2, 0.25) is 0 Å². The van der Waals surface area contributed by atoms with E-state index in [0.717, 1.165) is 18.6 Å². The maximum atomic E-state index is 6.01. The molecule has 0 unspecified atom stereocenters. The maximum Gasteiger partial charge on any atom is 0.123 e. The van der Waals surface area contributed by atoms with E-state index in [-0.39, 0.29) is 6.04 Å². The molecule has 0 aromatic heterocycles. The van der Waals surface area contributed by atoms with Crippen LogP contribution in [0.15, 0.2) is 12.1 Å². The van der Waals surface area contributed by atoms with E-state index in [4.69, 9.17) is 10.5 Å². The quantitative estimate of drug-likeness (QED) is 0.805. The molecule has 13 heavy (non-hydrogen) atoms. The Kier molecular flexibility index (Phi) is 2.47. The molecule has 2 rings (SSSR count). The molecule has 0 saturated carbocycles. The van der Waals surface area contributed by atoms with Crippen LogP contribution in [0.4, 0.5) is 0 Å². The minimum Gasteiger partial charge on any atom is -0.496 e. The van der Waals surface area contributed by atoms with Crippen LogP contribution < -0.4 is 10.5 Å². The molecule has 1 aliphatic carbocycles. The second-order valence-corrected chi connectivity index (χ2v) is 4.45. The number of hydrogen-bond acceptors (Lipinski definition) is 2. The topological polar surface area (TPSA) is 35.2 Å². The second-order valence-electron chi connectivity index (χ2n) is 3.29. The van der Waals surface area contributed by atoms with E-state index in [0.29, 0.717) is 0 Å². The van der Waals surface area contributed by atoms with E-state index < -0.39 is 0 Å². The summed E-state index contributed by atoms with van der Waals surface area (Å²) in [5.41, 5.74) is 8.61. The first-order valence-electron chi connectivity index (χ1n) is 4.35. The summed E-state index contributed by atoms with van der Waals surface area (Å²) in [6.07, 6.45) is 2.14. The van der Waals surface area contributed by atoms with E-state index in [1.165, 1.54) is 14.7 Å². The highest BCUT2D eigenvalue weighted by atomic mass is 127. The summed E-state index contributed by atoms with van der Waals surface area (Å²) in [7, 11) is 1.70. The molecule has 0 heterocycles. The molecule has 3 heteroatoms. The van der Waals surface area contributed by atoms with E-state index in [1.807, 2.05) is 6.07 Å². The molecule has 2 nitrogen and oxygen atoms in total. The third-order valence-corrected chi connectivity index (χ3v) is 3.57. The molecule has 0 bridgehead atoms. The molecule has 70 valence electrons. The van der Waals surface area contributed by atoms with Crippen molar-refractivity contribution in [3.8, 4) is 5.75 Å². The van der Waals surface area contributed by atoms with Crippen LogP contribution in [0.5, 0.6) is 5.75 Å². The Hall–Kier alpha value is -0.290. The number of fused-ring (bicyclic) bond motifs is 1. The van der Waals surface area contributed by atoms with Crippen molar-refractivity contribution < 1.29 is 4.74 Å². The monoisotopic (exact) mass is 289 g/mol. The van der Waals surface area contributed by atoms with Gasteiger partial charge in [0, 0.05) is 15.2 Å². The minimum absolute atomic E-state index is 0.166. The summed E-state index contributed by atoms with van der Waals surface area (Å²) in [5.74, 6) is 0.945. The predicted molar refractivity (Wildman–Crippen MR) is 61.0 cm³/mol. The summed E-state index contributed by atoms with van der Waals surface area (Å²) >= 11 is 2.36. The van der Waals surface area contributed by atoms with Crippen molar-refractivity contribution in [1.82, 2.24) is 0 Å². The van der Waals surface area contributed by atoms with Gasteiger partial charge in [-0.25, -0.2) is 0 Å². The Balaban J connectivity index is 2.60. The third kappa shape index (κ3) is 1.44. The second kappa shape index (κ2) is 3.46. The summed E-state index contributed by atoms with van der Waals surface area (Å²) in [5, 5.41) is 0. The van der Waals surface area contributed by atoms with Crippen molar-refractivity contribution in [2.75, 3.05) is 7.11 Å². The van der Waals surface area contributed by atoms with Crippen molar-refractivity contribution in [3.05, 3.63) is 26.8 Å². The molecule has 0 fully saturated rings. The van der Waals surface area contributed by atoms with Crippen LogP contribution in [0.2, 0.25) is 0 Å². The van der Waals surface area contributed by atoms with E-state index in [2.05, 4.69) is 28.7 Å². The van der Waals surface area contributed by atoms with Gasteiger partial charge < -0.3 is 10.5 Å². The molecule has 1 aliphatic rings. The Labute approximate surface area is 91.6 Å². The average molecular weight is 289 g/mol. The standard InChI is InChI=1S/C10H12INO/c1-13-9-5-3-7(11)6-2-4-8(12)10(6)9/h3,5,8H,2,4,12H2,1H3/t8-/m0/s1. The lowest BCUT2D eigenvalue weighted by molar-refractivity contribution is 0.407. The highest BCUT2D eigenvalue weighted by Gasteiger charge is 2.24. The van der Waals surface area contributed by atoms with Crippen molar-refractivity contribution in [2.24, 2.45) is 5.73 Å². The first-order chi connectivity index (χ1) is 6.24. The van der Waals surface area contributed by atoms with Crippen LogP contribution in [0.25, 0.3) is 0 Å². The molecule has 0 spiro atoms. The van der Waals surface area contributed by atoms with Gasteiger partial charge in [-0.3, -0.25) is 0 Å². The van der Waals surface area contributed by atoms with Crippen molar-refractivity contribution in [1.29, 1.82) is 0 Å². The molecule has 0 aliphatic heterocycles. The number of hydrogen-bond donors (Lipinski definition) is 1. The number of nitrogens with two attached hydrogens (primary N) is 1. The molecule has 1 aromatic rings. The van der Waals surface area contributed by atoms with Crippen LogP contribution >= 0.6 is 22.6 Å². The number of rotatable bonds is 1. The SMILES string of the molecule is COc1ccc(I)c2c1[C@@H](N)CC2. The zero-order valence-corrected chi connectivity index (χ0v) is 9.67. The van der Waals surface area contributed by atoms with Crippen molar-refractivity contribution >= 4 is 22.6 Å². The van der Waals surface area contributed by atoms with E-state index in [1.54, 1.807) is 7.11 Å². The van der Waals surface area contributed by atoms with Gasteiger partial charge >= 0.3 is 0 Å². The van der Waals surface area contributed by atoms with E-state index >= 15 is 0 Å².